The lowest BCUT2D eigenvalue weighted by atomic mass is 9.81. The van der Waals surface area contributed by atoms with Gasteiger partial charge in [0.25, 0.3) is 0 Å². The van der Waals surface area contributed by atoms with E-state index in [1.54, 1.807) is 7.11 Å². The van der Waals surface area contributed by atoms with Crippen molar-refractivity contribution in [3.8, 4) is 5.75 Å². The van der Waals surface area contributed by atoms with E-state index >= 15 is 0 Å². The highest BCUT2D eigenvalue weighted by Gasteiger charge is 2.35. The number of methoxy groups -OCH3 is 1. The maximum Gasteiger partial charge on any atom is 0.218 e. The summed E-state index contributed by atoms with van der Waals surface area (Å²) in [6.45, 7) is 8.31. The molecule has 156 valence electrons. The molecule has 2 rings (SSSR count). The third kappa shape index (κ3) is 7.09. The molecule has 1 heterocycles. The number of rotatable bonds is 12. The second kappa shape index (κ2) is 11.8. The van der Waals surface area contributed by atoms with Gasteiger partial charge in [-0.05, 0) is 62.5 Å². The topological polar surface area (TPSA) is 64.4 Å². The van der Waals surface area contributed by atoms with E-state index in [9.17, 15) is 0 Å². The maximum atomic E-state index is 6.09. The minimum Gasteiger partial charge on any atom is -0.497 e. The molecule has 0 aliphatic carbocycles. The van der Waals surface area contributed by atoms with Gasteiger partial charge < -0.3 is 13.8 Å². The smallest absolute Gasteiger partial charge is 0.218 e. The first-order chi connectivity index (χ1) is 13.5. The molecule has 0 amide bonds. The summed E-state index contributed by atoms with van der Waals surface area (Å²) in [5, 5.41) is 3.82. The number of hydrogen-bond acceptors (Lipinski definition) is 6. The number of benzene rings is 1. The van der Waals surface area contributed by atoms with E-state index in [-0.39, 0.29) is 16.9 Å². The lowest BCUT2D eigenvalue weighted by Crippen LogP contribution is -2.47. The fourth-order valence-electron chi connectivity index (χ4n) is 3.06. The van der Waals surface area contributed by atoms with Gasteiger partial charge in [0.05, 0.1) is 20.3 Å². The van der Waals surface area contributed by atoms with Crippen LogP contribution in [0.3, 0.4) is 0 Å². The van der Waals surface area contributed by atoms with E-state index in [4.69, 9.17) is 25.4 Å². The molecule has 8 heteroatoms. The molecule has 0 fully saturated rings. The minimum absolute atomic E-state index is 0.134. The Balaban J connectivity index is 1.94. The second-order valence-electron chi connectivity index (χ2n) is 6.79. The molecule has 2 atom stereocenters. The summed E-state index contributed by atoms with van der Waals surface area (Å²) < 4.78 is 16.6. The van der Waals surface area contributed by atoms with Crippen LogP contribution in [0.25, 0.3) is 0 Å². The van der Waals surface area contributed by atoms with Crippen LogP contribution < -0.4 is 10.1 Å². The summed E-state index contributed by atoms with van der Waals surface area (Å²) in [4.78, 5) is 8.80. The van der Waals surface area contributed by atoms with Gasteiger partial charge in [-0.2, -0.15) is 0 Å². The lowest BCUT2D eigenvalue weighted by Gasteiger charge is -2.35. The molecule has 0 aromatic heterocycles. The summed E-state index contributed by atoms with van der Waals surface area (Å²) in [7, 11) is 0.863. The van der Waals surface area contributed by atoms with E-state index in [2.05, 4.69) is 34.4 Å². The van der Waals surface area contributed by atoms with Crippen molar-refractivity contribution in [3.05, 3.63) is 29.8 Å². The van der Waals surface area contributed by atoms with Crippen LogP contribution in [0.5, 0.6) is 5.75 Å². The van der Waals surface area contributed by atoms with E-state index < -0.39 is 8.38 Å². The monoisotopic (exact) mass is 427 g/mol. The highest BCUT2D eigenvalue weighted by Crippen LogP contribution is 2.38. The number of nitrogens with zero attached hydrogens (tertiary/aromatic N) is 2. The van der Waals surface area contributed by atoms with Crippen LogP contribution in [0.15, 0.2) is 34.3 Å². The highest BCUT2D eigenvalue weighted by atomic mass is 35.5. The van der Waals surface area contributed by atoms with Crippen LogP contribution in [-0.2, 0) is 15.5 Å². The molecule has 0 bridgehead atoms. The van der Waals surface area contributed by atoms with Crippen molar-refractivity contribution >= 4 is 31.5 Å². The molecule has 0 spiro atoms. The summed E-state index contributed by atoms with van der Waals surface area (Å²) in [5.74, 6) is 0.849. The van der Waals surface area contributed by atoms with Crippen LogP contribution in [-0.4, -0.2) is 50.7 Å². The normalized spacial score (nSPS) is 21.8. The Bertz CT molecular complexity index is 651. The van der Waals surface area contributed by atoms with E-state index in [1.165, 1.54) is 5.56 Å². The van der Waals surface area contributed by atoms with E-state index in [0.717, 1.165) is 31.3 Å². The van der Waals surface area contributed by atoms with Gasteiger partial charge in [0, 0.05) is 17.8 Å². The number of ether oxygens (including phenoxy) is 1. The largest absolute Gasteiger partial charge is 0.497 e. The predicted molar refractivity (Wildman–Crippen MR) is 118 cm³/mol. The SMILES string of the molecule is CCOP(CCCNC1N=C(Cl)N=CC1(C)Cc1ccc(OC)cc1)OCC. The van der Waals surface area contributed by atoms with Crippen molar-refractivity contribution in [2.75, 3.05) is 33.0 Å². The van der Waals surface area contributed by atoms with Crippen LogP contribution >= 0.6 is 20.0 Å². The van der Waals surface area contributed by atoms with Gasteiger partial charge in [0.2, 0.25) is 5.29 Å². The van der Waals surface area contributed by atoms with Crippen LogP contribution in [0, 0.1) is 5.41 Å². The van der Waals surface area contributed by atoms with Gasteiger partial charge in [0.15, 0.2) is 8.38 Å². The van der Waals surface area contributed by atoms with Crippen molar-refractivity contribution < 1.29 is 13.8 Å². The van der Waals surface area contributed by atoms with Crippen molar-refractivity contribution in [1.29, 1.82) is 0 Å². The Morgan fingerprint density at radius 3 is 2.46 bits per heavy atom. The Labute approximate surface area is 174 Å². The summed E-state index contributed by atoms with van der Waals surface area (Å²) in [5.41, 5.74) is 0.934. The van der Waals surface area contributed by atoms with Crippen molar-refractivity contribution in [3.63, 3.8) is 0 Å². The zero-order chi connectivity index (χ0) is 20.4. The van der Waals surface area contributed by atoms with Gasteiger partial charge in [-0.1, -0.05) is 19.1 Å². The van der Waals surface area contributed by atoms with Crippen LogP contribution in [0.4, 0.5) is 0 Å². The molecule has 1 aliphatic rings. The molecular formula is C20H31ClN3O3P. The second-order valence-corrected chi connectivity index (χ2v) is 8.76. The summed E-state index contributed by atoms with van der Waals surface area (Å²) >= 11 is 6.09. The average molecular weight is 428 g/mol. The number of aliphatic imine (C=N–C) groups is 2. The van der Waals surface area contributed by atoms with Gasteiger partial charge in [-0.15, -0.1) is 0 Å². The lowest BCUT2D eigenvalue weighted by molar-refractivity contribution is 0.268. The molecule has 1 N–H and O–H groups in total. The standard InChI is InChI=1S/C20H31ClN3O3P/c1-5-26-28(27-6-2)13-7-12-22-18-20(3,15-23-19(21)24-18)14-16-8-10-17(25-4)11-9-16/h8-11,15,18,22H,5-7,12-14H2,1-4H3. The average Bonchev–Trinajstić information content (AvgIpc) is 2.69. The molecule has 0 saturated carbocycles. The first-order valence-electron chi connectivity index (χ1n) is 9.69. The van der Waals surface area contributed by atoms with Crippen molar-refractivity contribution in [2.45, 2.75) is 39.8 Å². The van der Waals surface area contributed by atoms with Gasteiger partial charge in [0.1, 0.15) is 11.9 Å². The minimum atomic E-state index is -0.807. The number of nitrogens with one attached hydrogen (secondary N) is 1. The molecule has 0 saturated heterocycles. The van der Waals surface area contributed by atoms with E-state index in [0.29, 0.717) is 13.2 Å². The van der Waals surface area contributed by atoms with Crippen molar-refractivity contribution in [2.24, 2.45) is 15.4 Å². The third-order valence-electron chi connectivity index (χ3n) is 4.47. The van der Waals surface area contributed by atoms with E-state index in [1.807, 2.05) is 32.2 Å². The number of hydrogen-bond donors (Lipinski definition) is 1. The first kappa shape index (κ1) is 23.2. The molecule has 28 heavy (non-hydrogen) atoms. The fraction of sp³-hybridized carbons (Fsp3) is 0.600. The fourth-order valence-corrected chi connectivity index (χ4v) is 4.54. The molecule has 2 unspecified atom stereocenters. The third-order valence-corrected chi connectivity index (χ3v) is 6.44. The Morgan fingerprint density at radius 2 is 1.86 bits per heavy atom. The molecule has 1 aromatic carbocycles. The predicted octanol–water partition coefficient (Wildman–Crippen LogP) is 4.61. The summed E-state index contributed by atoms with van der Waals surface area (Å²) in [6, 6.07) is 8.10. The first-order valence-corrected chi connectivity index (χ1v) is 11.4. The zero-order valence-electron chi connectivity index (χ0n) is 17.2. The molecular weight excluding hydrogens is 397 g/mol. The maximum absolute atomic E-state index is 6.09. The van der Waals surface area contributed by atoms with Crippen LogP contribution in [0.1, 0.15) is 32.8 Å². The Hall–Kier alpha value is -1.04. The molecule has 1 aromatic rings. The van der Waals surface area contributed by atoms with Crippen LogP contribution in [0.2, 0.25) is 0 Å². The van der Waals surface area contributed by atoms with Gasteiger partial charge in [-0.25, -0.2) is 9.98 Å². The molecule has 6 nitrogen and oxygen atoms in total. The Morgan fingerprint density at radius 1 is 1.18 bits per heavy atom. The Kier molecular flexibility index (Phi) is 9.83. The summed E-state index contributed by atoms with van der Waals surface area (Å²) in [6.07, 6.45) is 4.43. The number of amidine groups is 1. The molecule has 1 aliphatic heterocycles. The van der Waals surface area contributed by atoms with Crippen molar-refractivity contribution in [1.82, 2.24) is 5.32 Å². The van der Waals surface area contributed by atoms with Gasteiger partial charge in [-0.3, -0.25) is 5.32 Å². The molecule has 0 radical (unpaired) electrons. The quantitative estimate of drug-likeness (QED) is 0.300. The zero-order valence-corrected chi connectivity index (χ0v) is 18.8. The number of halogens is 1. The van der Waals surface area contributed by atoms with Gasteiger partial charge >= 0.3 is 0 Å². The highest BCUT2D eigenvalue weighted by molar-refractivity contribution is 7.47.